The van der Waals surface area contributed by atoms with Crippen LogP contribution in [0.15, 0.2) is 60.7 Å². The third-order valence-electron chi connectivity index (χ3n) is 5.12. The second-order valence-electron chi connectivity index (χ2n) is 7.12. The van der Waals surface area contributed by atoms with Crippen LogP contribution in [0, 0.1) is 0 Å². The predicted octanol–water partition coefficient (Wildman–Crippen LogP) is 3.53. The smallest absolute Gasteiger partial charge is 0.329 e. The fourth-order valence-electron chi connectivity index (χ4n) is 3.57. The lowest BCUT2D eigenvalue weighted by molar-refractivity contribution is -0.161. The minimum Gasteiger partial charge on any atom is -0.458 e. The van der Waals surface area contributed by atoms with Crippen LogP contribution in [-0.2, 0) is 20.7 Å². The Balaban J connectivity index is 1.73. The van der Waals surface area contributed by atoms with E-state index in [1.807, 2.05) is 36.4 Å². The number of hydrogen-bond donors (Lipinski definition) is 1. The van der Waals surface area contributed by atoms with Gasteiger partial charge in [0.25, 0.3) is 5.91 Å². The van der Waals surface area contributed by atoms with Crippen LogP contribution in [0.25, 0.3) is 0 Å². The maximum Gasteiger partial charge on any atom is 0.329 e. The van der Waals surface area contributed by atoms with E-state index >= 15 is 0 Å². The van der Waals surface area contributed by atoms with E-state index in [9.17, 15) is 9.59 Å². The van der Waals surface area contributed by atoms with Crippen LogP contribution in [0.5, 0.6) is 0 Å². The van der Waals surface area contributed by atoms with E-state index in [4.69, 9.17) is 9.47 Å². The van der Waals surface area contributed by atoms with Crippen LogP contribution in [0.2, 0.25) is 0 Å². The van der Waals surface area contributed by atoms with Gasteiger partial charge in [-0.25, -0.2) is 4.79 Å². The van der Waals surface area contributed by atoms with Crippen molar-refractivity contribution < 1.29 is 19.1 Å². The maximum atomic E-state index is 13.0. The first-order valence-corrected chi connectivity index (χ1v) is 9.80. The number of rotatable bonds is 7. The van der Waals surface area contributed by atoms with E-state index in [0.29, 0.717) is 12.0 Å². The molecule has 2 aromatic rings. The lowest BCUT2D eigenvalue weighted by atomic mass is 9.94. The maximum absolute atomic E-state index is 13.0. The number of benzene rings is 2. The van der Waals surface area contributed by atoms with Crippen molar-refractivity contribution in [2.45, 2.75) is 50.4 Å². The van der Waals surface area contributed by atoms with E-state index in [2.05, 4.69) is 5.32 Å². The highest BCUT2D eigenvalue weighted by atomic mass is 16.6. The van der Waals surface area contributed by atoms with Gasteiger partial charge in [-0.05, 0) is 37.0 Å². The number of esters is 1. The zero-order valence-electron chi connectivity index (χ0n) is 16.2. The normalized spacial score (nSPS) is 20.2. The van der Waals surface area contributed by atoms with Gasteiger partial charge in [0.1, 0.15) is 12.1 Å². The summed E-state index contributed by atoms with van der Waals surface area (Å²) in [5.41, 5.74) is 1.48. The Morgan fingerprint density at radius 3 is 2.21 bits per heavy atom. The second kappa shape index (κ2) is 10.0. The Morgan fingerprint density at radius 2 is 1.57 bits per heavy atom. The van der Waals surface area contributed by atoms with Gasteiger partial charge in [0.05, 0.1) is 6.10 Å². The summed E-state index contributed by atoms with van der Waals surface area (Å²) in [6.45, 7) is 0. The molecular formula is C23H27NO4. The number of carbonyl (C=O) groups excluding carboxylic acids is 2. The van der Waals surface area contributed by atoms with Crippen LogP contribution in [0.4, 0.5) is 0 Å². The first-order valence-electron chi connectivity index (χ1n) is 9.80. The molecule has 5 heteroatoms. The molecule has 0 unspecified atom stereocenters. The van der Waals surface area contributed by atoms with Crippen molar-refractivity contribution >= 4 is 11.9 Å². The Kier molecular flexibility index (Phi) is 7.20. The van der Waals surface area contributed by atoms with Gasteiger partial charge in [0.15, 0.2) is 0 Å². The predicted molar refractivity (Wildman–Crippen MR) is 107 cm³/mol. The first-order chi connectivity index (χ1) is 13.7. The molecule has 0 radical (unpaired) electrons. The zero-order chi connectivity index (χ0) is 19.8. The molecule has 1 N–H and O–H groups in total. The topological polar surface area (TPSA) is 64.6 Å². The third-order valence-corrected chi connectivity index (χ3v) is 5.12. The molecule has 1 amide bonds. The summed E-state index contributed by atoms with van der Waals surface area (Å²) in [7, 11) is 1.65. The van der Waals surface area contributed by atoms with Gasteiger partial charge in [-0.1, -0.05) is 55.0 Å². The SMILES string of the molecule is CO[C@@H]1CCCC[C@H]1OC(=O)[C@H](Cc1ccccc1)NC(=O)c1ccccc1. The second-order valence-corrected chi connectivity index (χ2v) is 7.12. The fraction of sp³-hybridized carbons (Fsp3) is 0.391. The van der Waals surface area contributed by atoms with E-state index < -0.39 is 12.0 Å². The number of ether oxygens (including phenoxy) is 2. The van der Waals surface area contributed by atoms with Crippen molar-refractivity contribution in [2.24, 2.45) is 0 Å². The van der Waals surface area contributed by atoms with Gasteiger partial charge in [0.2, 0.25) is 0 Å². The molecule has 5 nitrogen and oxygen atoms in total. The minimum atomic E-state index is -0.755. The summed E-state index contributed by atoms with van der Waals surface area (Å²) in [6.07, 6.45) is 3.78. The molecule has 2 aromatic carbocycles. The molecule has 0 heterocycles. The molecule has 0 aliphatic heterocycles. The van der Waals surface area contributed by atoms with Crippen LogP contribution in [-0.4, -0.2) is 37.2 Å². The van der Waals surface area contributed by atoms with E-state index in [1.165, 1.54) is 0 Å². The van der Waals surface area contributed by atoms with Gasteiger partial charge in [-0.3, -0.25) is 4.79 Å². The van der Waals surface area contributed by atoms with Crippen LogP contribution in [0.1, 0.15) is 41.6 Å². The summed E-state index contributed by atoms with van der Waals surface area (Å²) in [4.78, 5) is 25.6. The molecule has 1 aliphatic rings. The highest BCUT2D eigenvalue weighted by Gasteiger charge is 2.32. The molecule has 3 atom stereocenters. The molecule has 28 heavy (non-hydrogen) atoms. The summed E-state index contributed by atoms with van der Waals surface area (Å²) < 4.78 is 11.3. The van der Waals surface area contributed by atoms with Gasteiger partial charge in [-0.15, -0.1) is 0 Å². The monoisotopic (exact) mass is 381 g/mol. The van der Waals surface area contributed by atoms with Crippen molar-refractivity contribution in [1.29, 1.82) is 0 Å². The molecule has 1 aliphatic carbocycles. The molecule has 1 fully saturated rings. The molecule has 3 rings (SSSR count). The molecular weight excluding hydrogens is 354 g/mol. The molecule has 0 saturated heterocycles. The highest BCUT2D eigenvalue weighted by molar-refractivity contribution is 5.96. The van der Waals surface area contributed by atoms with E-state index in [1.54, 1.807) is 31.4 Å². The van der Waals surface area contributed by atoms with Crippen LogP contribution in [0.3, 0.4) is 0 Å². The van der Waals surface area contributed by atoms with Crippen molar-refractivity contribution in [1.82, 2.24) is 5.32 Å². The molecule has 0 aromatic heterocycles. The van der Waals surface area contributed by atoms with Crippen molar-refractivity contribution in [3.05, 3.63) is 71.8 Å². The summed E-state index contributed by atoms with van der Waals surface area (Å²) >= 11 is 0. The number of nitrogens with one attached hydrogen (secondary N) is 1. The molecule has 0 bridgehead atoms. The van der Waals surface area contributed by atoms with Crippen molar-refractivity contribution in [3.8, 4) is 0 Å². The summed E-state index contributed by atoms with van der Waals surface area (Å²) in [5.74, 6) is -0.701. The summed E-state index contributed by atoms with van der Waals surface area (Å²) in [6, 6.07) is 17.8. The number of methoxy groups -OCH3 is 1. The third kappa shape index (κ3) is 5.42. The largest absolute Gasteiger partial charge is 0.458 e. The fourth-order valence-corrected chi connectivity index (χ4v) is 3.57. The van der Waals surface area contributed by atoms with E-state index in [-0.39, 0.29) is 18.1 Å². The number of hydrogen-bond acceptors (Lipinski definition) is 4. The minimum absolute atomic E-state index is 0.0834. The number of carbonyl (C=O) groups is 2. The van der Waals surface area contributed by atoms with Gasteiger partial charge in [-0.2, -0.15) is 0 Å². The Labute approximate surface area is 166 Å². The van der Waals surface area contributed by atoms with Gasteiger partial charge >= 0.3 is 5.97 Å². The average molecular weight is 381 g/mol. The van der Waals surface area contributed by atoms with Crippen LogP contribution < -0.4 is 5.32 Å². The highest BCUT2D eigenvalue weighted by Crippen LogP contribution is 2.24. The number of amides is 1. The standard InChI is InChI=1S/C23H27NO4/c1-27-20-14-8-9-15-21(20)28-23(26)19(16-17-10-4-2-5-11-17)24-22(25)18-12-6-3-7-13-18/h2-7,10-13,19-21H,8-9,14-16H2,1H3,(H,24,25)/t19-,20+,21+/m0/s1. The Bertz CT molecular complexity index is 763. The van der Waals surface area contributed by atoms with Crippen molar-refractivity contribution in [2.75, 3.05) is 7.11 Å². The summed E-state index contributed by atoms with van der Waals surface area (Å²) in [5, 5.41) is 2.85. The Morgan fingerprint density at radius 1 is 0.964 bits per heavy atom. The van der Waals surface area contributed by atoms with Crippen LogP contribution >= 0.6 is 0 Å². The van der Waals surface area contributed by atoms with Gasteiger partial charge < -0.3 is 14.8 Å². The molecule has 0 spiro atoms. The first kappa shape index (κ1) is 20.1. The quantitative estimate of drug-likeness (QED) is 0.745. The molecule has 148 valence electrons. The Hall–Kier alpha value is -2.66. The molecule has 1 saturated carbocycles. The average Bonchev–Trinajstić information content (AvgIpc) is 2.75. The van der Waals surface area contributed by atoms with E-state index in [0.717, 1.165) is 31.2 Å². The van der Waals surface area contributed by atoms with Gasteiger partial charge in [0, 0.05) is 19.1 Å². The lowest BCUT2D eigenvalue weighted by Gasteiger charge is -2.31. The lowest BCUT2D eigenvalue weighted by Crippen LogP contribution is -2.46. The zero-order valence-corrected chi connectivity index (χ0v) is 16.2. The van der Waals surface area contributed by atoms with Crippen molar-refractivity contribution in [3.63, 3.8) is 0 Å².